The van der Waals surface area contributed by atoms with E-state index in [1.807, 2.05) is 6.07 Å². The van der Waals surface area contributed by atoms with Gasteiger partial charge in [-0.2, -0.15) is 0 Å². The number of aliphatic hydroxyl groups is 3. The van der Waals surface area contributed by atoms with Crippen molar-refractivity contribution in [1.29, 1.82) is 0 Å². The molecule has 5 unspecified atom stereocenters. The molecule has 9 nitrogen and oxygen atoms in total. The summed E-state index contributed by atoms with van der Waals surface area (Å²) in [5.41, 5.74) is -6.61. The van der Waals surface area contributed by atoms with Crippen LogP contribution in [0.3, 0.4) is 0 Å². The molecule has 0 bridgehead atoms. The first-order valence-corrected chi connectivity index (χ1v) is 9.57. The van der Waals surface area contributed by atoms with Crippen LogP contribution in [0, 0.1) is 11.8 Å². The van der Waals surface area contributed by atoms with Crippen molar-refractivity contribution in [3.63, 3.8) is 0 Å². The molecule has 0 radical (unpaired) electrons. The van der Waals surface area contributed by atoms with E-state index in [0.717, 1.165) is 17.4 Å². The Morgan fingerprint density at radius 1 is 1.24 bits per heavy atom. The minimum Gasteiger partial charge on any atom is -0.369 e. The molecule has 4 N–H and O–H groups in total. The maximum atomic E-state index is 13.3. The maximum absolute atomic E-state index is 13.3. The lowest BCUT2D eigenvalue weighted by Crippen LogP contribution is -2.66. The monoisotopic (exact) mass is 400 g/mol. The zero-order valence-corrected chi connectivity index (χ0v) is 16.0. The fourth-order valence-electron chi connectivity index (χ4n) is 6.83. The Morgan fingerprint density at radius 3 is 2.59 bits per heavy atom. The van der Waals surface area contributed by atoms with Crippen molar-refractivity contribution >= 4 is 23.3 Å². The third-order valence-corrected chi connectivity index (χ3v) is 7.97. The normalized spacial score (nSPS) is 47.3. The summed E-state index contributed by atoms with van der Waals surface area (Å²) in [7, 11) is 0. The number of amides is 2. The third kappa shape index (κ3) is 1.29. The van der Waals surface area contributed by atoms with Gasteiger partial charge in [0.15, 0.2) is 11.4 Å². The Morgan fingerprint density at radius 2 is 1.93 bits per heavy atom. The van der Waals surface area contributed by atoms with E-state index in [1.54, 1.807) is 26.0 Å². The van der Waals surface area contributed by atoms with Crippen molar-refractivity contribution in [2.75, 3.05) is 5.32 Å². The predicted molar refractivity (Wildman–Crippen MR) is 95.0 cm³/mol. The highest BCUT2D eigenvalue weighted by Crippen LogP contribution is 2.74. The zero-order valence-electron chi connectivity index (χ0n) is 16.0. The second-order valence-corrected chi connectivity index (χ2v) is 9.35. The minimum absolute atomic E-state index is 0.432. The summed E-state index contributed by atoms with van der Waals surface area (Å²) in [6.07, 6.45) is 0.432. The first kappa shape index (κ1) is 17.5. The Hall–Kier alpha value is -2.33. The molecule has 3 fully saturated rings. The molecule has 29 heavy (non-hydrogen) atoms. The highest BCUT2D eigenvalue weighted by molar-refractivity contribution is 6.14. The average Bonchev–Trinajstić information content (AvgIpc) is 3.15. The van der Waals surface area contributed by atoms with Gasteiger partial charge in [-0.1, -0.05) is 12.1 Å². The van der Waals surface area contributed by atoms with Crippen molar-refractivity contribution in [1.82, 2.24) is 4.90 Å². The van der Waals surface area contributed by atoms with Gasteiger partial charge in [-0.3, -0.25) is 14.4 Å². The summed E-state index contributed by atoms with van der Waals surface area (Å²) in [5, 5.41) is 37.4. The van der Waals surface area contributed by atoms with Gasteiger partial charge < -0.3 is 30.3 Å². The SMILES string of the molecule is CC(=O)C1(O)C(=O)N2C(C)(C)C3Cc4cccc5c4[C@@]4(OC1(O)C2(O)C34)C(=O)N5. The number of ether oxygens (including phenoxy) is 1. The summed E-state index contributed by atoms with van der Waals surface area (Å²) in [6.45, 7) is 4.35. The van der Waals surface area contributed by atoms with Gasteiger partial charge in [-0.05, 0) is 44.7 Å². The van der Waals surface area contributed by atoms with E-state index in [-0.39, 0.29) is 0 Å². The van der Waals surface area contributed by atoms with Crippen molar-refractivity contribution in [2.45, 2.75) is 55.4 Å². The number of hydrogen-bond acceptors (Lipinski definition) is 7. The van der Waals surface area contributed by atoms with Crippen LogP contribution in [0.2, 0.25) is 0 Å². The second kappa shape index (κ2) is 4.24. The van der Waals surface area contributed by atoms with E-state index in [9.17, 15) is 29.7 Å². The first-order chi connectivity index (χ1) is 13.4. The molecular formula is C20H20N2O7. The number of Topliss-reactive ketones (excluding diaryl/α,β-unsaturated/α-hetero) is 1. The fraction of sp³-hybridized carbons (Fsp3) is 0.550. The molecule has 6 atom stereocenters. The maximum Gasteiger partial charge on any atom is 0.271 e. The number of anilines is 1. The lowest BCUT2D eigenvalue weighted by molar-refractivity contribution is -0.327. The summed E-state index contributed by atoms with van der Waals surface area (Å²) in [5.74, 6) is -7.32. The molecule has 152 valence electrons. The molecule has 0 aromatic heterocycles. The molecular weight excluding hydrogens is 380 g/mol. The van der Waals surface area contributed by atoms with Gasteiger partial charge in [0.25, 0.3) is 23.2 Å². The number of nitrogens with one attached hydrogen (secondary N) is 1. The Bertz CT molecular complexity index is 1080. The lowest BCUT2D eigenvalue weighted by atomic mass is 9.61. The van der Waals surface area contributed by atoms with E-state index in [2.05, 4.69) is 5.32 Å². The second-order valence-electron chi connectivity index (χ2n) is 9.35. The molecule has 4 heterocycles. The highest BCUT2D eigenvalue weighted by atomic mass is 16.7. The van der Waals surface area contributed by atoms with Crippen LogP contribution in [0.25, 0.3) is 0 Å². The van der Waals surface area contributed by atoms with Crippen LogP contribution in [0.5, 0.6) is 0 Å². The smallest absolute Gasteiger partial charge is 0.271 e. The van der Waals surface area contributed by atoms with Gasteiger partial charge in [0.1, 0.15) is 0 Å². The topological polar surface area (TPSA) is 136 Å². The Kier molecular flexibility index (Phi) is 2.56. The van der Waals surface area contributed by atoms with Crippen LogP contribution in [0.1, 0.15) is 31.9 Å². The number of rotatable bonds is 1. The fourth-order valence-corrected chi connectivity index (χ4v) is 6.83. The van der Waals surface area contributed by atoms with Crippen molar-refractivity contribution in [3.8, 4) is 0 Å². The lowest BCUT2D eigenvalue weighted by Gasteiger charge is -2.42. The number of carbonyl (C=O) groups is 3. The minimum atomic E-state index is -3.03. The standard InChI is InChI=1S/C20H20N2O7/c1-8(23)18(26)15(25)22-16(2,3)10-7-9-5-4-6-11-12(9)17(14(24)21-11)13(10)19(22,27)20(18,28)29-17/h4-6,10,13,26-28H,7H2,1-3H3,(H,21,24)/t10?,13?,17-,18?,19?,20?/m0/s1. The quantitative estimate of drug-likeness (QED) is 0.443. The van der Waals surface area contributed by atoms with Gasteiger partial charge in [0.05, 0.1) is 5.92 Å². The molecule has 9 heteroatoms. The van der Waals surface area contributed by atoms with Crippen molar-refractivity contribution in [2.24, 2.45) is 11.8 Å². The van der Waals surface area contributed by atoms with Gasteiger partial charge in [-0.25, -0.2) is 0 Å². The van der Waals surface area contributed by atoms with Crippen LogP contribution in [0.15, 0.2) is 18.2 Å². The van der Waals surface area contributed by atoms with Crippen molar-refractivity contribution in [3.05, 3.63) is 29.3 Å². The number of nitrogens with zero attached hydrogens (tertiary/aromatic N) is 1. The number of ketones is 1. The van der Waals surface area contributed by atoms with E-state index in [0.29, 0.717) is 17.7 Å². The molecule has 2 amide bonds. The van der Waals surface area contributed by atoms with E-state index < -0.39 is 57.7 Å². The molecule has 1 spiro atoms. The zero-order chi connectivity index (χ0) is 20.9. The summed E-state index contributed by atoms with van der Waals surface area (Å²) in [6, 6.07) is 5.32. The molecule has 1 aromatic carbocycles. The summed E-state index contributed by atoms with van der Waals surface area (Å²) < 4.78 is 5.91. The Balaban J connectivity index is 1.76. The first-order valence-electron chi connectivity index (χ1n) is 9.57. The molecule has 0 saturated carbocycles. The van der Waals surface area contributed by atoms with Gasteiger partial charge in [-0.15, -0.1) is 0 Å². The highest BCUT2D eigenvalue weighted by Gasteiger charge is 2.95. The van der Waals surface area contributed by atoms with Crippen LogP contribution >= 0.6 is 0 Å². The largest absolute Gasteiger partial charge is 0.369 e. The molecule has 5 aliphatic rings. The number of hydrogen-bond donors (Lipinski definition) is 4. The van der Waals surface area contributed by atoms with Crippen LogP contribution in [-0.2, 0) is 31.1 Å². The Labute approximate surface area is 165 Å². The van der Waals surface area contributed by atoms with E-state index in [4.69, 9.17) is 4.74 Å². The van der Waals surface area contributed by atoms with Gasteiger partial charge in [0, 0.05) is 16.8 Å². The van der Waals surface area contributed by atoms with E-state index >= 15 is 0 Å². The van der Waals surface area contributed by atoms with Crippen molar-refractivity contribution < 1.29 is 34.4 Å². The van der Waals surface area contributed by atoms with Crippen LogP contribution < -0.4 is 5.32 Å². The molecule has 6 rings (SSSR count). The number of benzene rings is 1. The van der Waals surface area contributed by atoms with Crippen LogP contribution in [0.4, 0.5) is 5.69 Å². The molecule has 4 aliphatic heterocycles. The predicted octanol–water partition coefficient (Wildman–Crippen LogP) is -1.02. The third-order valence-electron chi connectivity index (χ3n) is 7.97. The number of carbonyl (C=O) groups excluding carboxylic acids is 3. The average molecular weight is 400 g/mol. The summed E-state index contributed by atoms with van der Waals surface area (Å²) in [4.78, 5) is 40.0. The molecule has 3 saturated heterocycles. The molecule has 1 aromatic rings. The van der Waals surface area contributed by atoms with E-state index in [1.165, 1.54) is 0 Å². The van der Waals surface area contributed by atoms with Gasteiger partial charge >= 0.3 is 0 Å². The summed E-state index contributed by atoms with van der Waals surface area (Å²) >= 11 is 0. The van der Waals surface area contributed by atoms with Crippen LogP contribution in [-0.4, -0.2) is 60.5 Å². The van der Waals surface area contributed by atoms with Gasteiger partial charge in [0.2, 0.25) is 5.72 Å². The molecule has 1 aliphatic carbocycles.